The fraction of sp³-hybridized carbons (Fsp3) is 0.222. The smallest absolute Gasteiger partial charge is 0.412 e. The summed E-state index contributed by atoms with van der Waals surface area (Å²) in [5.74, 6) is -1.14. The maximum Gasteiger partial charge on any atom is 0.412 e. The number of esters is 1. The van der Waals surface area contributed by atoms with Crippen molar-refractivity contribution in [3.63, 3.8) is 0 Å². The van der Waals surface area contributed by atoms with E-state index in [1.807, 2.05) is 18.2 Å². The third kappa shape index (κ3) is 4.15. The summed E-state index contributed by atoms with van der Waals surface area (Å²) in [6, 6.07) is 12.2. The van der Waals surface area contributed by atoms with E-state index in [1.54, 1.807) is 31.2 Å². The van der Waals surface area contributed by atoms with Crippen molar-refractivity contribution in [3.8, 4) is 0 Å². The first-order chi connectivity index (χ1) is 12.5. The molecule has 0 heterocycles. The number of benzene rings is 2. The summed E-state index contributed by atoms with van der Waals surface area (Å²) in [4.78, 5) is 34.8. The Bertz CT molecular complexity index is 870. The topological polar surface area (TPSA) is 108 Å². The summed E-state index contributed by atoms with van der Waals surface area (Å²) in [5.41, 5.74) is -0.823. The van der Waals surface area contributed by atoms with E-state index in [4.69, 9.17) is 9.47 Å². The van der Waals surface area contributed by atoms with Gasteiger partial charge in [-0.3, -0.25) is 15.4 Å². The molecule has 8 heteroatoms. The average Bonchev–Trinajstić information content (AvgIpc) is 2.61. The van der Waals surface area contributed by atoms with Gasteiger partial charge >= 0.3 is 17.8 Å². The van der Waals surface area contributed by atoms with E-state index in [-0.39, 0.29) is 18.9 Å². The zero-order chi connectivity index (χ0) is 19.1. The lowest BCUT2D eigenvalue weighted by atomic mass is 10.0. The van der Waals surface area contributed by atoms with E-state index in [1.165, 1.54) is 6.92 Å². The Hall–Kier alpha value is -3.42. The van der Waals surface area contributed by atoms with Crippen LogP contribution < -0.4 is 5.32 Å². The Morgan fingerprint density at radius 3 is 2.35 bits per heavy atom. The minimum Gasteiger partial charge on any atom is -0.458 e. The Labute approximate surface area is 149 Å². The van der Waals surface area contributed by atoms with Gasteiger partial charge in [0, 0.05) is 5.56 Å². The van der Waals surface area contributed by atoms with Crippen molar-refractivity contribution in [2.24, 2.45) is 0 Å². The van der Waals surface area contributed by atoms with Crippen molar-refractivity contribution in [1.82, 2.24) is 5.32 Å². The van der Waals surface area contributed by atoms with Crippen LogP contribution in [0.15, 0.2) is 48.2 Å². The van der Waals surface area contributed by atoms with E-state index in [0.717, 1.165) is 5.39 Å². The van der Waals surface area contributed by atoms with Crippen molar-refractivity contribution < 1.29 is 24.0 Å². The molecule has 26 heavy (non-hydrogen) atoms. The number of carbonyl (C=O) groups excluding carboxylic acids is 2. The molecule has 2 aromatic carbocycles. The molecule has 0 aliphatic carbocycles. The van der Waals surface area contributed by atoms with Crippen molar-refractivity contribution in [2.45, 2.75) is 13.8 Å². The van der Waals surface area contributed by atoms with Crippen LogP contribution in [0.3, 0.4) is 0 Å². The molecule has 0 atom stereocenters. The van der Waals surface area contributed by atoms with Gasteiger partial charge in [0.15, 0.2) is 0 Å². The van der Waals surface area contributed by atoms with Gasteiger partial charge in [-0.1, -0.05) is 42.5 Å². The number of carbonyl (C=O) groups is 2. The number of ether oxygens (including phenoxy) is 2. The van der Waals surface area contributed by atoms with Gasteiger partial charge < -0.3 is 9.47 Å². The van der Waals surface area contributed by atoms with Gasteiger partial charge in [0.2, 0.25) is 0 Å². The number of alkyl carbamates (subject to hydrolysis) is 1. The van der Waals surface area contributed by atoms with Crippen LogP contribution in [-0.4, -0.2) is 30.2 Å². The molecule has 136 valence electrons. The number of hydrogen-bond acceptors (Lipinski definition) is 6. The summed E-state index contributed by atoms with van der Waals surface area (Å²) in [5, 5.41) is 15.3. The fourth-order valence-corrected chi connectivity index (χ4v) is 2.43. The van der Waals surface area contributed by atoms with Gasteiger partial charge in [-0.25, -0.2) is 9.59 Å². The number of rotatable bonds is 6. The fourth-order valence-electron chi connectivity index (χ4n) is 2.43. The van der Waals surface area contributed by atoms with E-state index in [9.17, 15) is 19.7 Å². The highest BCUT2D eigenvalue weighted by atomic mass is 16.6. The van der Waals surface area contributed by atoms with Gasteiger partial charge in [0.1, 0.15) is 5.70 Å². The van der Waals surface area contributed by atoms with Gasteiger partial charge in [-0.15, -0.1) is 0 Å². The molecular formula is C18H18N2O6. The van der Waals surface area contributed by atoms with E-state index < -0.39 is 22.7 Å². The summed E-state index contributed by atoms with van der Waals surface area (Å²) in [6.45, 7) is 3.16. The molecule has 8 nitrogen and oxygen atoms in total. The first kappa shape index (κ1) is 18.9. The molecular weight excluding hydrogens is 340 g/mol. The molecule has 1 amide bonds. The molecule has 0 saturated carbocycles. The SMILES string of the molecule is CCOC(=O)N/C(=C(\C(=O)OCC)[N+](=O)[O-])c1cccc2ccccc12. The normalized spacial score (nSPS) is 11.5. The molecule has 0 radical (unpaired) electrons. The molecule has 0 unspecified atom stereocenters. The molecule has 2 rings (SSSR count). The predicted octanol–water partition coefficient (Wildman–Crippen LogP) is 3.09. The number of nitrogens with one attached hydrogen (secondary N) is 1. The predicted molar refractivity (Wildman–Crippen MR) is 94.7 cm³/mol. The Kier molecular flexibility index (Phi) is 6.26. The Balaban J connectivity index is 2.73. The Morgan fingerprint density at radius 2 is 1.69 bits per heavy atom. The number of nitro groups is 1. The maximum absolute atomic E-state index is 12.2. The highest BCUT2D eigenvalue weighted by Gasteiger charge is 2.32. The lowest BCUT2D eigenvalue weighted by Crippen LogP contribution is -2.28. The van der Waals surface area contributed by atoms with Crippen LogP contribution in [0.2, 0.25) is 0 Å². The minimum atomic E-state index is -1.14. The van der Waals surface area contributed by atoms with Crippen LogP contribution in [0.4, 0.5) is 4.79 Å². The molecule has 0 spiro atoms. The first-order valence-electron chi connectivity index (χ1n) is 7.97. The molecule has 0 bridgehead atoms. The molecule has 0 aliphatic rings. The van der Waals surface area contributed by atoms with Crippen LogP contribution in [0.1, 0.15) is 19.4 Å². The lowest BCUT2D eigenvalue weighted by Gasteiger charge is -2.13. The van der Waals surface area contributed by atoms with E-state index >= 15 is 0 Å². The molecule has 0 aliphatic heterocycles. The van der Waals surface area contributed by atoms with Crippen molar-refractivity contribution in [1.29, 1.82) is 0 Å². The number of nitrogens with zero attached hydrogens (tertiary/aromatic N) is 1. The quantitative estimate of drug-likeness (QED) is 0.368. The van der Waals surface area contributed by atoms with Gasteiger partial charge in [-0.2, -0.15) is 0 Å². The summed E-state index contributed by atoms with van der Waals surface area (Å²) in [7, 11) is 0. The van der Waals surface area contributed by atoms with Gasteiger partial charge in [0.05, 0.1) is 18.1 Å². The molecule has 1 N–H and O–H groups in total. The van der Waals surface area contributed by atoms with Crippen molar-refractivity contribution >= 4 is 28.5 Å². The van der Waals surface area contributed by atoms with Crippen LogP contribution in [0, 0.1) is 10.1 Å². The second-order valence-electron chi connectivity index (χ2n) is 5.07. The number of hydrogen-bond donors (Lipinski definition) is 1. The molecule has 2 aromatic rings. The number of fused-ring (bicyclic) bond motifs is 1. The molecule has 0 saturated heterocycles. The number of amides is 1. The summed E-state index contributed by atoms with van der Waals surface area (Å²) >= 11 is 0. The Morgan fingerprint density at radius 1 is 1.04 bits per heavy atom. The second-order valence-corrected chi connectivity index (χ2v) is 5.07. The molecule has 0 fully saturated rings. The van der Waals surface area contributed by atoms with Crippen LogP contribution in [0.5, 0.6) is 0 Å². The van der Waals surface area contributed by atoms with Crippen LogP contribution >= 0.6 is 0 Å². The van der Waals surface area contributed by atoms with E-state index in [2.05, 4.69) is 5.32 Å². The first-order valence-corrected chi connectivity index (χ1v) is 7.97. The molecule has 0 aromatic heterocycles. The summed E-state index contributed by atoms with van der Waals surface area (Å²) in [6.07, 6.45) is -0.904. The second kappa shape index (κ2) is 8.61. The van der Waals surface area contributed by atoms with Crippen LogP contribution in [0.25, 0.3) is 16.5 Å². The zero-order valence-corrected chi connectivity index (χ0v) is 14.4. The monoisotopic (exact) mass is 358 g/mol. The van der Waals surface area contributed by atoms with Crippen molar-refractivity contribution in [2.75, 3.05) is 13.2 Å². The highest BCUT2D eigenvalue weighted by Crippen LogP contribution is 2.26. The minimum absolute atomic E-state index is 0.0433. The average molecular weight is 358 g/mol. The van der Waals surface area contributed by atoms with Gasteiger partial charge in [-0.05, 0) is 24.6 Å². The standard InChI is InChI=1S/C18H18N2O6/c1-3-25-17(21)16(20(23)24)15(19-18(22)26-4-2)14-11-7-9-12-8-5-6-10-13(12)14/h5-11H,3-4H2,1-2H3,(H,19,22)/b16-15+. The largest absolute Gasteiger partial charge is 0.458 e. The zero-order valence-electron chi connectivity index (χ0n) is 14.4. The lowest BCUT2D eigenvalue weighted by molar-refractivity contribution is -0.420. The van der Waals surface area contributed by atoms with Crippen LogP contribution in [-0.2, 0) is 14.3 Å². The van der Waals surface area contributed by atoms with Crippen molar-refractivity contribution in [3.05, 3.63) is 63.8 Å². The van der Waals surface area contributed by atoms with E-state index in [0.29, 0.717) is 10.9 Å². The third-order valence-electron chi connectivity index (χ3n) is 3.45. The summed E-state index contributed by atoms with van der Waals surface area (Å²) < 4.78 is 9.61. The third-order valence-corrected chi connectivity index (χ3v) is 3.45. The maximum atomic E-state index is 12.2. The van der Waals surface area contributed by atoms with Gasteiger partial charge in [0.25, 0.3) is 0 Å². The highest BCUT2D eigenvalue weighted by molar-refractivity contribution is 6.03.